The summed E-state index contributed by atoms with van der Waals surface area (Å²) in [5, 5.41) is 9.42. The molecule has 0 radical (unpaired) electrons. The van der Waals surface area contributed by atoms with E-state index in [1.54, 1.807) is 0 Å². The number of fused-ring (bicyclic) bond motifs is 2. The molecule has 1 N–H and O–H groups in total. The van der Waals surface area contributed by atoms with Gasteiger partial charge in [0, 0.05) is 13.1 Å². The van der Waals surface area contributed by atoms with Gasteiger partial charge in [-0.25, -0.2) is 0 Å². The molecule has 3 unspecified atom stereocenters. The SMILES string of the molecule is CCC1CN(C(=O)[C@H]2C3C=CC(C3)[C@H]2C(=O)O)CCO1. The summed E-state index contributed by atoms with van der Waals surface area (Å²) < 4.78 is 5.58. The van der Waals surface area contributed by atoms with Crippen LogP contribution in [0.1, 0.15) is 19.8 Å². The lowest BCUT2D eigenvalue weighted by molar-refractivity contribution is -0.154. The van der Waals surface area contributed by atoms with Crippen molar-refractivity contribution in [2.24, 2.45) is 23.7 Å². The predicted molar refractivity (Wildman–Crippen MR) is 72.0 cm³/mol. The largest absolute Gasteiger partial charge is 0.481 e. The number of rotatable bonds is 3. The number of carbonyl (C=O) groups excluding carboxylic acids is 1. The number of aliphatic carboxylic acids is 1. The number of carbonyl (C=O) groups is 2. The Balaban J connectivity index is 1.76. The molecular formula is C15H21NO4. The molecule has 1 amide bonds. The van der Waals surface area contributed by atoms with E-state index in [0.29, 0.717) is 19.7 Å². The summed E-state index contributed by atoms with van der Waals surface area (Å²) in [5.41, 5.74) is 0. The van der Waals surface area contributed by atoms with E-state index in [0.717, 1.165) is 12.8 Å². The number of amides is 1. The minimum atomic E-state index is -0.833. The van der Waals surface area contributed by atoms with Crippen molar-refractivity contribution in [3.63, 3.8) is 0 Å². The second kappa shape index (κ2) is 5.20. The van der Waals surface area contributed by atoms with Crippen molar-refractivity contribution in [1.29, 1.82) is 0 Å². The zero-order valence-corrected chi connectivity index (χ0v) is 11.7. The van der Waals surface area contributed by atoms with Gasteiger partial charge in [-0.05, 0) is 24.7 Å². The van der Waals surface area contributed by atoms with Crippen LogP contribution in [0.4, 0.5) is 0 Å². The van der Waals surface area contributed by atoms with Crippen molar-refractivity contribution in [2.75, 3.05) is 19.7 Å². The first-order valence-corrected chi connectivity index (χ1v) is 7.43. The molecule has 5 heteroatoms. The average molecular weight is 279 g/mol. The number of hydrogen-bond donors (Lipinski definition) is 1. The molecule has 2 fully saturated rings. The zero-order chi connectivity index (χ0) is 14.3. The minimum absolute atomic E-state index is 0.0102. The third-order valence-electron chi connectivity index (χ3n) is 4.94. The summed E-state index contributed by atoms with van der Waals surface area (Å²) >= 11 is 0. The molecule has 5 atom stereocenters. The number of ether oxygens (including phenoxy) is 1. The van der Waals surface area contributed by atoms with E-state index in [-0.39, 0.29) is 29.8 Å². The van der Waals surface area contributed by atoms with Gasteiger partial charge in [0.25, 0.3) is 0 Å². The second-order valence-electron chi connectivity index (χ2n) is 6.02. The van der Waals surface area contributed by atoms with Gasteiger partial charge < -0.3 is 14.7 Å². The maximum absolute atomic E-state index is 12.7. The molecule has 5 nitrogen and oxygen atoms in total. The molecule has 1 aliphatic heterocycles. The van der Waals surface area contributed by atoms with Crippen LogP contribution in [-0.2, 0) is 14.3 Å². The quantitative estimate of drug-likeness (QED) is 0.787. The Hall–Kier alpha value is -1.36. The Bertz CT molecular complexity index is 447. The standard InChI is InChI=1S/C15H21NO4/c1-2-11-8-16(5-6-20-11)14(17)12-9-3-4-10(7-9)13(12)15(18)19/h3-4,9-13H,2,5-8H2,1H3,(H,18,19)/t9?,10?,11?,12-,13+/m0/s1. The Morgan fingerprint density at radius 3 is 2.65 bits per heavy atom. The van der Waals surface area contributed by atoms with Crippen LogP contribution in [0.3, 0.4) is 0 Å². The van der Waals surface area contributed by atoms with E-state index in [2.05, 4.69) is 0 Å². The van der Waals surface area contributed by atoms with Crippen LogP contribution in [0.25, 0.3) is 0 Å². The molecule has 0 aromatic heterocycles. The van der Waals surface area contributed by atoms with Gasteiger partial charge in [0.15, 0.2) is 0 Å². The highest BCUT2D eigenvalue weighted by Gasteiger charge is 2.52. The fraction of sp³-hybridized carbons (Fsp3) is 0.733. The van der Waals surface area contributed by atoms with Gasteiger partial charge in [0.2, 0.25) is 5.91 Å². The predicted octanol–water partition coefficient (Wildman–Crippen LogP) is 1.15. The normalized spacial score (nSPS) is 39.2. The third-order valence-corrected chi connectivity index (χ3v) is 4.94. The number of hydrogen-bond acceptors (Lipinski definition) is 3. The van der Waals surface area contributed by atoms with Gasteiger partial charge >= 0.3 is 5.97 Å². The van der Waals surface area contributed by atoms with E-state index in [1.807, 2.05) is 24.0 Å². The summed E-state index contributed by atoms with van der Waals surface area (Å²) in [6.45, 7) is 3.77. The number of carboxylic acids is 1. The fourth-order valence-electron chi connectivity index (χ4n) is 3.87. The number of allylic oxidation sites excluding steroid dienone is 2. The first kappa shape index (κ1) is 13.6. The van der Waals surface area contributed by atoms with Crippen LogP contribution in [0.15, 0.2) is 12.2 Å². The molecule has 3 rings (SSSR count). The molecule has 0 spiro atoms. The van der Waals surface area contributed by atoms with Crippen molar-refractivity contribution in [2.45, 2.75) is 25.9 Å². The zero-order valence-electron chi connectivity index (χ0n) is 11.7. The lowest BCUT2D eigenvalue weighted by Crippen LogP contribution is -2.50. The van der Waals surface area contributed by atoms with Crippen molar-refractivity contribution < 1.29 is 19.4 Å². The minimum Gasteiger partial charge on any atom is -0.481 e. The lowest BCUT2D eigenvalue weighted by atomic mass is 9.82. The van der Waals surface area contributed by atoms with Crippen LogP contribution in [-0.4, -0.2) is 47.7 Å². The Labute approximate surface area is 118 Å². The molecule has 2 aliphatic carbocycles. The van der Waals surface area contributed by atoms with Crippen LogP contribution in [0.5, 0.6) is 0 Å². The lowest BCUT2D eigenvalue weighted by Gasteiger charge is -2.36. The van der Waals surface area contributed by atoms with E-state index in [1.165, 1.54) is 0 Å². The Morgan fingerprint density at radius 2 is 2.00 bits per heavy atom. The first-order valence-electron chi connectivity index (χ1n) is 7.43. The molecule has 110 valence electrons. The number of morpholine rings is 1. The van der Waals surface area contributed by atoms with Gasteiger partial charge in [-0.3, -0.25) is 9.59 Å². The van der Waals surface area contributed by atoms with Crippen molar-refractivity contribution in [1.82, 2.24) is 4.90 Å². The highest BCUT2D eigenvalue weighted by Crippen LogP contribution is 2.48. The molecular weight excluding hydrogens is 258 g/mol. The topological polar surface area (TPSA) is 66.8 Å². The monoisotopic (exact) mass is 279 g/mol. The van der Waals surface area contributed by atoms with Crippen LogP contribution >= 0.6 is 0 Å². The molecule has 0 aromatic carbocycles. The third kappa shape index (κ3) is 2.14. The van der Waals surface area contributed by atoms with E-state index in [4.69, 9.17) is 4.74 Å². The van der Waals surface area contributed by atoms with Crippen LogP contribution in [0, 0.1) is 23.7 Å². The van der Waals surface area contributed by atoms with Crippen molar-refractivity contribution in [3.05, 3.63) is 12.2 Å². The maximum Gasteiger partial charge on any atom is 0.307 e. The summed E-state index contributed by atoms with van der Waals surface area (Å²) in [5.74, 6) is -1.60. The molecule has 1 saturated heterocycles. The van der Waals surface area contributed by atoms with Gasteiger partial charge in [-0.1, -0.05) is 19.1 Å². The van der Waals surface area contributed by atoms with Gasteiger partial charge in [-0.15, -0.1) is 0 Å². The Morgan fingerprint density at radius 1 is 1.30 bits per heavy atom. The summed E-state index contributed by atoms with van der Waals surface area (Å²) in [6.07, 6.45) is 5.79. The van der Waals surface area contributed by atoms with Crippen molar-refractivity contribution in [3.8, 4) is 0 Å². The average Bonchev–Trinajstić information content (AvgIpc) is 3.07. The molecule has 1 saturated carbocycles. The van der Waals surface area contributed by atoms with Crippen molar-refractivity contribution >= 4 is 11.9 Å². The molecule has 2 bridgehead atoms. The second-order valence-corrected chi connectivity index (χ2v) is 6.02. The number of carboxylic acid groups (broad SMARTS) is 1. The smallest absolute Gasteiger partial charge is 0.307 e. The Kier molecular flexibility index (Phi) is 3.54. The summed E-state index contributed by atoms with van der Waals surface area (Å²) in [6, 6.07) is 0. The molecule has 3 aliphatic rings. The molecule has 1 heterocycles. The summed E-state index contributed by atoms with van der Waals surface area (Å²) in [4.78, 5) is 26.0. The van der Waals surface area contributed by atoms with E-state index >= 15 is 0 Å². The first-order chi connectivity index (χ1) is 9.61. The van der Waals surface area contributed by atoms with Gasteiger partial charge in [-0.2, -0.15) is 0 Å². The highest BCUT2D eigenvalue weighted by atomic mass is 16.5. The van der Waals surface area contributed by atoms with E-state index in [9.17, 15) is 14.7 Å². The maximum atomic E-state index is 12.7. The van der Waals surface area contributed by atoms with Crippen LogP contribution in [0.2, 0.25) is 0 Å². The molecule has 20 heavy (non-hydrogen) atoms. The van der Waals surface area contributed by atoms with Crippen LogP contribution < -0.4 is 0 Å². The van der Waals surface area contributed by atoms with Gasteiger partial charge in [0.05, 0.1) is 24.5 Å². The van der Waals surface area contributed by atoms with E-state index < -0.39 is 11.9 Å². The number of nitrogens with zero attached hydrogens (tertiary/aromatic N) is 1. The highest BCUT2D eigenvalue weighted by molar-refractivity contribution is 5.87. The van der Waals surface area contributed by atoms with Gasteiger partial charge in [0.1, 0.15) is 0 Å². The fourth-order valence-corrected chi connectivity index (χ4v) is 3.87. The molecule has 0 aromatic rings. The summed E-state index contributed by atoms with van der Waals surface area (Å²) in [7, 11) is 0.